The topological polar surface area (TPSA) is 92.3 Å². The van der Waals surface area contributed by atoms with E-state index in [1.165, 1.54) is 38.1 Å². The van der Waals surface area contributed by atoms with Gasteiger partial charge in [0.15, 0.2) is 5.78 Å². The highest BCUT2D eigenvalue weighted by Crippen LogP contribution is 2.11. The molecule has 0 radical (unpaired) electrons. The number of carbonyl (C=O) groups excluding carboxylic acids is 2. The third-order valence-corrected chi connectivity index (χ3v) is 4.28. The van der Waals surface area contributed by atoms with Gasteiger partial charge in [-0.3, -0.25) is 9.59 Å². The molecule has 21 heavy (non-hydrogen) atoms. The van der Waals surface area contributed by atoms with Crippen molar-refractivity contribution in [2.45, 2.75) is 44.7 Å². The third-order valence-electron chi connectivity index (χ3n) is 2.73. The van der Waals surface area contributed by atoms with Crippen LogP contribution in [0.15, 0.2) is 29.2 Å². The van der Waals surface area contributed by atoms with Gasteiger partial charge in [0.1, 0.15) is 0 Å². The maximum Gasteiger partial charge on any atom is 0.241 e. The number of rotatable bonds is 6. The fourth-order valence-electron chi connectivity index (χ4n) is 1.63. The molecule has 0 saturated carbocycles. The number of amides is 1. The van der Waals surface area contributed by atoms with Crippen molar-refractivity contribution in [2.75, 3.05) is 0 Å². The number of hydrogen-bond donors (Lipinski definition) is 2. The summed E-state index contributed by atoms with van der Waals surface area (Å²) < 4.78 is 26.6. The molecule has 0 fully saturated rings. The van der Waals surface area contributed by atoms with E-state index in [4.69, 9.17) is 0 Å². The molecule has 1 rings (SSSR count). The van der Waals surface area contributed by atoms with Crippen molar-refractivity contribution in [1.82, 2.24) is 10.0 Å². The van der Waals surface area contributed by atoms with Crippen molar-refractivity contribution in [1.29, 1.82) is 0 Å². The van der Waals surface area contributed by atoms with Gasteiger partial charge in [-0.05, 0) is 39.8 Å². The lowest BCUT2D eigenvalue weighted by atomic mass is 10.2. The average molecular weight is 312 g/mol. The van der Waals surface area contributed by atoms with Crippen molar-refractivity contribution in [2.24, 2.45) is 0 Å². The summed E-state index contributed by atoms with van der Waals surface area (Å²) in [5.41, 5.74) is 0.430. The summed E-state index contributed by atoms with van der Waals surface area (Å²) in [4.78, 5) is 22.9. The number of nitrogens with one attached hydrogen (secondary N) is 2. The summed E-state index contributed by atoms with van der Waals surface area (Å²) in [6, 6.07) is 4.60. The Hall–Kier alpha value is -1.73. The lowest BCUT2D eigenvalue weighted by Crippen LogP contribution is -2.46. The highest BCUT2D eigenvalue weighted by Gasteiger charge is 2.22. The fraction of sp³-hybridized carbons (Fsp3) is 0.429. The molecule has 7 heteroatoms. The first kappa shape index (κ1) is 17.3. The molecule has 1 unspecified atom stereocenters. The molecule has 0 bridgehead atoms. The summed E-state index contributed by atoms with van der Waals surface area (Å²) in [6.45, 7) is 6.46. The summed E-state index contributed by atoms with van der Waals surface area (Å²) in [6.07, 6.45) is 0. The standard InChI is InChI=1S/C14H20N2O4S/c1-9(2)15-14(18)10(3)16-21(19,20)13-7-5-12(6-8-13)11(4)17/h5-10,16H,1-4H3,(H,15,18). The Kier molecular flexibility index (Phi) is 5.62. The SMILES string of the molecule is CC(=O)c1ccc(S(=O)(=O)NC(C)C(=O)NC(C)C)cc1. The van der Waals surface area contributed by atoms with E-state index in [9.17, 15) is 18.0 Å². The van der Waals surface area contributed by atoms with Crippen LogP contribution in [-0.2, 0) is 14.8 Å². The minimum Gasteiger partial charge on any atom is -0.353 e. The highest BCUT2D eigenvalue weighted by molar-refractivity contribution is 7.89. The molecule has 1 amide bonds. The summed E-state index contributed by atoms with van der Waals surface area (Å²) >= 11 is 0. The molecule has 1 atom stereocenters. The van der Waals surface area contributed by atoms with E-state index in [1.54, 1.807) is 13.8 Å². The van der Waals surface area contributed by atoms with E-state index in [-0.39, 0.29) is 16.7 Å². The normalized spacial score (nSPS) is 13.0. The van der Waals surface area contributed by atoms with E-state index in [0.717, 1.165) is 0 Å². The van der Waals surface area contributed by atoms with Crippen LogP contribution in [0.5, 0.6) is 0 Å². The van der Waals surface area contributed by atoms with E-state index >= 15 is 0 Å². The van der Waals surface area contributed by atoms with Crippen LogP contribution in [0.2, 0.25) is 0 Å². The van der Waals surface area contributed by atoms with Gasteiger partial charge in [-0.2, -0.15) is 4.72 Å². The molecule has 0 aromatic heterocycles. The number of Topliss-reactive ketones (excluding diaryl/α,β-unsaturated/α-hetero) is 1. The van der Waals surface area contributed by atoms with Crippen LogP contribution in [0.25, 0.3) is 0 Å². The van der Waals surface area contributed by atoms with Gasteiger partial charge in [0.2, 0.25) is 15.9 Å². The van der Waals surface area contributed by atoms with Crippen LogP contribution >= 0.6 is 0 Å². The van der Waals surface area contributed by atoms with Gasteiger partial charge in [0.05, 0.1) is 10.9 Å². The zero-order chi connectivity index (χ0) is 16.2. The van der Waals surface area contributed by atoms with Crippen LogP contribution < -0.4 is 10.0 Å². The average Bonchev–Trinajstić information content (AvgIpc) is 2.37. The molecular formula is C14H20N2O4S. The molecule has 0 aliphatic rings. The zero-order valence-electron chi connectivity index (χ0n) is 12.5. The summed E-state index contributed by atoms with van der Waals surface area (Å²) in [7, 11) is -3.80. The van der Waals surface area contributed by atoms with Gasteiger partial charge in [-0.1, -0.05) is 12.1 Å². The van der Waals surface area contributed by atoms with E-state index < -0.39 is 22.0 Å². The van der Waals surface area contributed by atoms with E-state index in [1.807, 2.05) is 0 Å². The Bertz CT molecular complexity index is 621. The number of sulfonamides is 1. The van der Waals surface area contributed by atoms with Crippen LogP contribution in [-0.4, -0.2) is 32.2 Å². The Labute approximate surface area is 125 Å². The Morgan fingerprint density at radius 1 is 1.05 bits per heavy atom. The van der Waals surface area contributed by atoms with Gasteiger partial charge >= 0.3 is 0 Å². The molecule has 1 aromatic carbocycles. The molecule has 0 spiro atoms. The molecule has 0 aliphatic carbocycles. The molecule has 2 N–H and O–H groups in total. The first-order valence-corrected chi connectivity index (χ1v) is 8.05. The number of ketones is 1. The van der Waals surface area contributed by atoms with Gasteiger partial charge in [0, 0.05) is 11.6 Å². The van der Waals surface area contributed by atoms with Crippen LogP contribution in [0.4, 0.5) is 0 Å². The molecule has 1 aromatic rings. The highest BCUT2D eigenvalue weighted by atomic mass is 32.2. The first-order chi connectivity index (χ1) is 9.63. The van der Waals surface area contributed by atoms with Gasteiger partial charge in [0.25, 0.3) is 0 Å². The first-order valence-electron chi connectivity index (χ1n) is 6.57. The molecule has 0 aliphatic heterocycles. The van der Waals surface area contributed by atoms with Gasteiger partial charge < -0.3 is 5.32 Å². The number of hydrogen-bond acceptors (Lipinski definition) is 4. The van der Waals surface area contributed by atoms with Gasteiger partial charge in [-0.15, -0.1) is 0 Å². The largest absolute Gasteiger partial charge is 0.353 e. The third kappa shape index (κ3) is 4.95. The molecular weight excluding hydrogens is 292 g/mol. The molecule has 0 saturated heterocycles. The van der Waals surface area contributed by atoms with Crippen LogP contribution in [0.3, 0.4) is 0 Å². The summed E-state index contributed by atoms with van der Waals surface area (Å²) in [5.74, 6) is -0.537. The maximum atomic E-state index is 12.1. The fourth-order valence-corrected chi connectivity index (χ4v) is 2.84. The lowest BCUT2D eigenvalue weighted by Gasteiger charge is -2.16. The van der Waals surface area contributed by atoms with Crippen LogP contribution in [0, 0.1) is 0 Å². The zero-order valence-corrected chi connectivity index (χ0v) is 13.3. The molecule has 116 valence electrons. The van der Waals surface area contributed by atoms with Crippen molar-refractivity contribution in [3.05, 3.63) is 29.8 Å². The van der Waals surface area contributed by atoms with Crippen molar-refractivity contribution < 1.29 is 18.0 Å². The number of benzene rings is 1. The predicted molar refractivity (Wildman–Crippen MR) is 79.5 cm³/mol. The number of carbonyl (C=O) groups is 2. The second kappa shape index (κ2) is 6.82. The minimum absolute atomic E-state index is 0.0108. The van der Waals surface area contributed by atoms with Crippen molar-refractivity contribution >= 4 is 21.7 Å². The monoisotopic (exact) mass is 312 g/mol. The van der Waals surface area contributed by atoms with Gasteiger partial charge in [-0.25, -0.2) is 8.42 Å². The maximum absolute atomic E-state index is 12.1. The van der Waals surface area contributed by atoms with Crippen molar-refractivity contribution in [3.63, 3.8) is 0 Å². The van der Waals surface area contributed by atoms with E-state index in [2.05, 4.69) is 10.0 Å². The predicted octanol–water partition coefficient (Wildman–Crippen LogP) is 1.08. The Balaban J connectivity index is 2.86. The smallest absolute Gasteiger partial charge is 0.241 e. The Morgan fingerprint density at radius 2 is 1.57 bits per heavy atom. The quantitative estimate of drug-likeness (QED) is 0.769. The Morgan fingerprint density at radius 3 is 2.00 bits per heavy atom. The second-order valence-electron chi connectivity index (χ2n) is 5.09. The van der Waals surface area contributed by atoms with Crippen LogP contribution in [0.1, 0.15) is 38.1 Å². The summed E-state index contributed by atoms with van der Waals surface area (Å²) in [5, 5.41) is 2.63. The molecule has 6 nitrogen and oxygen atoms in total. The second-order valence-corrected chi connectivity index (χ2v) is 6.80. The lowest BCUT2D eigenvalue weighted by molar-refractivity contribution is -0.122. The van der Waals surface area contributed by atoms with E-state index in [0.29, 0.717) is 5.56 Å². The van der Waals surface area contributed by atoms with Crippen molar-refractivity contribution in [3.8, 4) is 0 Å². The minimum atomic E-state index is -3.80. The molecule has 0 heterocycles.